The van der Waals surface area contributed by atoms with Gasteiger partial charge in [0.05, 0.1) is 11.9 Å². The minimum absolute atomic E-state index is 0.288. The number of halogens is 1. The van der Waals surface area contributed by atoms with Crippen molar-refractivity contribution in [3.63, 3.8) is 0 Å². The molecule has 1 aliphatic rings. The lowest BCUT2D eigenvalue weighted by Crippen LogP contribution is -2.18. The van der Waals surface area contributed by atoms with Crippen LogP contribution in [0.5, 0.6) is 11.6 Å². The number of hydrogen-bond acceptors (Lipinski definition) is 5. The molecule has 0 unspecified atom stereocenters. The predicted molar refractivity (Wildman–Crippen MR) is 86.0 cm³/mol. The number of carbonyl (C=O) groups excluding carboxylic acids is 1. The molecule has 0 spiro atoms. The maximum absolute atomic E-state index is 11.8. The van der Waals surface area contributed by atoms with Crippen LogP contribution < -0.4 is 10.1 Å². The number of aromatic nitrogens is 1. The number of anilines is 1. The van der Waals surface area contributed by atoms with Crippen LogP contribution in [-0.2, 0) is 4.79 Å². The second-order valence-corrected chi connectivity index (χ2v) is 6.04. The molecular weight excluding hydrogens is 366 g/mol. The second kappa shape index (κ2) is 6.33. The number of nitro groups is 1. The van der Waals surface area contributed by atoms with E-state index in [0.717, 1.165) is 4.47 Å². The molecule has 1 N–H and O–H groups in total. The molecule has 3 rings (SSSR count). The van der Waals surface area contributed by atoms with Crippen molar-refractivity contribution >= 4 is 27.5 Å². The molecule has 0 bridgehead atoms. The first-order chi connectivity index (χ1) is 11.0. The van der Waals surface area contributed by atoms with Crippen molar-refractivity contribution in [3.05, 3.63) is 57.2 Å². The zero-order valence-electron chi connectivity index (χ0n) is 11.8. The van der Waals surface area contributed by atoms with Gasteiger partial charge >= 0.3 is 0 Å². The highest BCUT2D eigenvalue weighted by atomic mass is 79.9. The fraction of sp³-hybridized carbons (Fsp3) is 0.200. The van der Waals surface area contributed by atoms with Crippen LogP contribution in [0, 0.1) is 16.0 Å². The standard InChI is InChI=1S/C15H12BrN3O4/c16-9-2-1-3-11(6-9)23-14-5-4-10(8-17-14)18-15(20)12-7-13(12)19(21)22/h1-6,8,12-13H,7H2,(H,18,20)/t12-,13+/m1/s1. The summed E-state index contributed by atoms with van der Waals surface area (Å²) in [5, 5.41) is 13.2. The molecule has 1 amide bonds. The van der Waals surface area contributed by atoms with Gasteiger partial charge in [-0.25, -0.2) is 4.98 Å². The van der Waals surface area contributed by atoms with E-state index < -0.39 is 16.9 Å². The third-order valence-corrected chi connectivity index (χ3v) is 3.88. The Balaban J connectivity index is 1.59. The van der Waals surface area contributed by atoms with Gasteiger partial charge in [0.25, 0.3) is 0 Å². The zero-order valence-corrected chi connectivity index (χ0v) is 13.4. The van der Waals surface area contributed by atoms with E-state index in [4.69, 9.17) is 4.74 Å². The molecule has 118 valence electrons. The normalized spacial score (nSPS) is 19.0. The number of nitrogens with zero attached hydrogens (tertiary/aromatic N) is 2. The van der Waals surface area contributed by atoms with E-state index in [1.54, 1.807) is 18.2 Å². The lowest BCUT2D eigenvalue weighted by atomic mass is 10.3. The number of ether oxygens (including phenoxy) is 1. The van der Waals surface area contributed by atoms with Crippen LogP contribution in [0.15, 0.2) is 47.1 Å². The van der Waals surface area contributed by atoms with E-state index in [-0.39, 0.29) is 12.3 Å². The summed E-state index contributed by atoms with van der Waals surface area (Å²) in [6.45, 7) is 0. The largest absolute Gasteiger partial charge is 0.439 e. The molecule has 2 aromatic rings. The Morgan fingerprint density at radius 1 is 1.39 bits per heavy atom. The van der Waals surface area contributed by atoms with Gasteiger partial charge in [-0.15, -0.1) is 0 Å². The Labute approximate surface area is 140 Å². The Kier molecular flexibility index (Phi) is 4.24. The average molecular weight is 378 g/mol. The van der Waals surface area contributed by atoms with E-state index in [1.165, 1.54) is 6.20 Å². The minimum Gasteiger partial charge on any atom is -0.439 e. The number of hydrogen-bond donors (Lipinski definition) is 1. The Morgan fingerprint density at radius 3 is 2.83 bits per heavy atom. The Morgan fingerprint density at radius 2 is 2.22 bits per heavy atom. The molecular formula is C15H12BrN3O4. The van der Waals surface area contributed by atoms with Gasteiger partial charge in [0.1, 0.15) is 11.7 Å². The smallest absolute Gasteiger partial charge is 0.234 e. The fourth-order valence-corrected chi connectivity index (χ4v) is 2.48. The summed E-state index contributed by atoms with van der Waals surface area (Å²) in [6, 6.07) is 9.83. The highest BCUT2D eigenvalue weighted by Gasteiger charge is 2.53. The SMILES string of the molecule is O=C(Nc1ccc(Oc2cccc(Br)c2)nc1)[C@@H]1C[C@@H]1[N+](=O)[O-]. The van der Waals surface area contributed by atoms with Crippen LogP contribution >= 0.6 is 15.9 Å². The number of rotatable bonds is 5. The topological polar surface area (TPSA) is 94.4 Å². The highest BCUT2D eigenvalue weighted by Crippen LogP contribution is 2.34. The zero-order chi connectivity index (χ0) is 16.4. The molecule has 1 aromatic carbocycles. The Hall–Kier alpha value is -2.48. The van der Waals surface area contributed by atoms with Gasteiger partial charge in [-0.3, -0.25) is 14.9 Å². The summed E-state index contributed by atoms with van der Waals surface area (Å²) in [4.78, 5) is 26.1. The summed E-state index contributed by atoms with van der Waals surface area (Å²) < 4.78 is 6.48. The van der Waals surface area contributed by atoms with Gasteiger partial charge in [0, 0.05) is 21.9 Å². The molecule has 1 saturated carbocycles. The molecule has 7 nitrogen and oxygen atoms in total. The molecule has 1 heterocycles. The van der Waals surface area contributed by atoms with Crippen molar-refractivity contribution in [2.45, 2.75) is 12.5 Å². The first kappa shape index (κ1) is 15.4. The Bertz CT molecular complexity index is 751. The summed E-state index contributed by atoms with van der Waals surface area (Å²) in [5.74, 6) is 0.114. The third kappa shape index (κ3) is 3.84. The highest BCUT2D eigenvalue weighted by molar-refractivity contribution is 9.10. The van der Waals surface area contributed by atoms with E-state index in [1.807, 2.05) is 18.2 Å². The van der Waals surface area contributed by atoms with Crippen molar-refractivity contribution in [1.82, 2.24) is 4.98 Å². The van der Waals surface area contributed by atoms with Crippen LogP contribution in [0.1, 0.15) is 6.42 Å². The van der Waals surface area contributed by atoms with Crippen LogP contribution in [0.4, 0.5) is 5.69 Å². The molecule has 1 aromatic heterocycles. The van der Waals surface area contributed by atoms with Crippen molar-refractivity contribution in [1.29, 1.82) is 0 Å². The number of amides is 1. The summed E-state index contributed by atoms with van der Waals surface area (Å²) >= 11 is 3.35. The summed E-state index contributed by atoms with van der Waals surface area (Å²) in [6.07, 6.45) is 1.74. The maximum atomic E-state index is 11.8. The fourth-order valence-electron chi connectivity index (χ4n) is 2.10. The lowest BCUT2D eigenvalue weighted by molar-refractivity contribution is -0.497. The number of pyridine rings is 1. The van der Waals surface area contributed by atoms with Crippen LogP contribution in [0.25, 0.3) is 0 Å². The lowest BCUT2D eigenvalue weighted by Gasteiger charge is -2.07. The van der Waals surface area contributed by atoms with Crippen molar-refractivity contribution in [2.75, 3.05) is 5.32 Å². The van der Waals surface area contributed by atoms with Crippen LogP contribution in [-0.4, -0.2) is 21.9 Å². The first-order valence-electron chi connectivity index (χ1n) is 6.87. The van der Waals surface area contributed by atoms with E-state index in [0.29, 0.717) is 17.3 Å². The van der Waals surface area contributed by atoms with Crippen molar-refractivity contribution in [3.8, 4) is 11.6 Å². The van der Waals surface area contributed by atoms with Crippen molar-refractivity contribution in [2.24, 2.45) is 5.92 Å². The van der Waals surface area contributed by atoms with E-state index in [2.05, 4.69) is 26.2 Å². The van der Waals surface area contributed by atoms with Crippen LogP contribution in [0.3, 0.4) is 0 Å². The van der Waals surface area contributed by atoms with Gasteiger partial charge in [-0.05, 0) is 24.3 Å². The molecule has 23 heavy (non-hydrogen) atoms. The predicted octanol–water partition coefficient (Wildman–Crippen LogP) is 3.24. The summed E-state index contributed by atoms with van der Waals surface area (Å²) in [7, 11) is 0. The molecule has 2 atom stereocenters. The number of benzene rings is 1. The second-order valence-electron chi connectivity index (χ2n) is 5.13. The number of nitrogens with one attached hydrogen (secondary N) is 1. The molecule has 1 aliphatic carbocycles. The van der Waals surface area contributed by atoms with Crippen LogP contribution in [0.2, 0.25) is 0 Å². The van der Waals surface area contributed by atoms with E-state index in [9.17, 15) is 14.9 Å². The number of carbonyl (C=O) groups is 1. The third-order valence-electron chi connectivity index (χ3n) is 3.39. The van der Waals surface area contributed by atoms with Gasteiger partial charge in [-0.2, -0.15) is 0 Å². The molecule has 0 aliphatic heterocycles. The van der Waals surface area contributed by atoms with Gasteiger partial charge in [-0.1, -0.05) is 22.0 Å². The molecule has 1 fully saturated rings. The molecule has 0 saturated heterocycles. The first-order valence-corrected chi connectivity index (χ1v) is 7.66. The quantitative estimate of drug-likeness (QED) is 0.637. The van der Waals surface area contributed by atoms with Gasteiger partial charge in [0.2, 0.25) is 17.8 Å². The van der Waals surface area contributed by atoms with Gasteiger partial charge in [0.15, 0.2) is 0 Å². The van der Waals surface area contributed by atoms with Gasteiger partial charge < -0.3 is 10.1 Å². The van der Waals surface area contributed by atoms with E-state index >= 15 is 0 Å². The molecule has 8 heteroatoms. The maximum Gasteiger partial charge on any atom is 0.234 e. The monoisotopic (exact) mass is 377 g/mol. The average Bonchev–Trinajstić information content (AvgIpc) is 3.30. The molecule has 0 radical (unpaired) electrons. The minimum atomic E-state index is -0.762. The van der Waals surface area contributed by atoms with Crippen molar-refractivity contribution < 1.29 is 14.5 Å². The summed E-state index contributed by atoms with van der Waals surface area (Å²) in [5.41, 5.74) is 0.477.